The summed E-state index contributed by atoms with van der Waals surface area (Å²) >= 11 is 1.31. The van der Waals surface area contributed by atoms with Crippen LogP contribution in [0.3, 0.4) is 0 Å². The Bertz CT molecular complexity index is 1600. The van der Waals surface area contributed by atoms with E-state index in [0.717, 1.165) is 22.6 Å². The molecule has 0 atom stereocenters. The third kappa shape index (κ3) is 4.40. The van der Waals surface area contributed by atoms with Crippen molar-refractivity contribution >= 4 is 34.1 Å². The molecule has 0 saturated carbocycles. The first-order valence-electron chi connectivity index (χ1n) is 12.5. The summed E-state index contributed by atoms with van der Waals surface area (Å²) in [5.74, 6) is 0.387. The lowest BCUT2D eigenvalue weighted by molar-refractivity contribution is -0.112. The van der Waals surface area contributed by atoms with Crippen molar-refractivity contribution < 1.29 is 4.79 Å². The second-order valence-corrected chi connectivity index (χ2v) is 11.2. The molecule has 2 heterocycles. The zero-order valence-electron chi connectivity index (χ0n) is 21.9. The lowest BCUT2D eigenvalue weighted by atomic mass is 9.83. The Kier molecular flexibility index (Phi) is 6.54. The number of thioether (sulfide) groups is 1. The molecular formula is C31H31N3O2S. The first-order valence-corrected chi connectivity index (χ1v) is 13.5. The van der Waals surface area contributed by atoms with Gasteiger partial charge in [-0.3, -0.25) is 14.2 Å². The van der Waals surface area contributed by atoms with Crippen molar-refractivity contribution in [2.45, 2.75) is 44.2 Å². The number of hydrogen-bond donors (Lipinski definition) is 0. The van der Waals surface area contributed by atoms with E-state index in [4.69, 9.17) is 4.98 Å². The number of hydrogen-bond acceptors (Lipinski definition) is 5. The van der Waals surface area contributed by atoms with Gasteiger partial charge in [0.15, 0.2) is 10.9 Å². The first-order chi connectivity index (χ1) is 17.7. The summed E-state index contributed by atoms with van der Waals surface area (Å²) in [5.41, 5.74) is 5.39. The van der Waals surface area contributed by atoms with E-state index in [1.165, 1.54) is 17.3 Å². The van der Waals surface area contributed by atoms with Crippen LogP contribution in [-0.2, 0) is 10.2 Å². The third-order valence-electron chi connectivity index (χ3n) is 7.13. The predicted molar refractivity (Wildman–Crippen MR) is 153 cm³/mol. The van der Waals surface area contributed by atoms with Crippen molar-refractivity contribution in [2.75, 3.05) is 17.7 Å². The fourth-order valence-corrected chi connectivity index (χ4v) is 6.02. The van der Waals surface area contributed by atoms with Crippen molar-refractivity contribution in [2.24, 2.45) is 0 Å². The third-order valence-corrected chi connectivity index (χ3v) is 8.09. The van der Waals surface area contributed by atoms with Crippen LogP contribution in [0.5, 0.6) is 0 Å². The van der Waals surface area contributed by atoms with Crippen molar-refractivity contribution in [3.63, 3.8) is 0 Å². The van der Waals surface area contributed by atoms with Gasteiger partial charge in [0.05, 0.1) is 22.3 Å². The molecule has 1 aliphatic heterocycles. The molecule has 1 aromatic heterocycles. The summed E-state index contributed by atoms with van der Waals surface area (Å²) in [5, 5.41) is 1.08. The van der Waals surface area contributed by atoms with Crippen LogP contribution >= 0.6 is 11.8 Å². The Morgan fingerprint density at radius 2 is 1.62 bits per heavy atom. The van der Waals surface area contributed by atoms with Gasteiger partial charge in [-0.15, -0.1) is 0 Å². The molecule has 0 spiro atoms. The fourth-order valence-electron chi connectivity index (χ4n) is 5.19. The molecule has 5 nitrogen and oxygen atoms in total. The molecule has 37 heavy (non-hydrogen) atoms. The summed E-state index contributed by atoms with van der Waals surface area (Å²) in [6, 6.07) is 23.6. The van der Waals surface area contributed by atoms with E-state index in [-0.39, 0.29) is 28.4 Å². The summed E-state index contributed by atoms with van der Waals surface area (Å²) in [6.07, 6.45) is 1.75. The Morgan fingerprint density at radius 3 is 2.35 bits per heavy atom. The number of para-hydroxylation sites is 3. The topological polar surface area (TPSA) is 55.2 Å². The van der Waals surface area contributed by atoms with Gasteiger partial charge in [-0.25, -0.2) is 4.98 Å². The highest BCUT2D eigenvalue weighted by molar-refractivity contribution is 7.99. The monoisotopic (exact) mass is 509 g/mol. The number of benzene rings is 3. The smallest absolute Gasteiger partial charge is 0.266 e. The average molecular weight is 510 g/mol. The summed E-state index contributed by atoms with van der Waals surface area (Å²) in [4.78, 5) is 33.9. The number of nitrogens with zero attached hydrogens (tertiary/aromatic N) is 3. The molecule has 0 amide bonds. The van der Waals surface area contributed by atoms with Crippen LogP contribution in [0.1, 0.15) is 44.7 Å². The van der Waals surface area contributed by atoms with Crippen LogP contribution in [0.4, 0.5) is 5.69 Å². The largest absolute Gasteiger partial charge is 0.347 e. The van der Waals surface area contributed by atoms with Gasteiger partial charge in [0.25, 0.3) is 5.56 Å². The van der Waals surface area contributed by atoms with E-state index in [1.807, 2.05) is 61.6 Å². The zero-order chi connectivity index (χ0) is 26.3. The second kappa shape index (κ2) is 9.67. The number of carbonyl (C=O) groups is 1. The summed E-state index contributed by atoms with van der Waals surface area (Å²) in [6.45, 7) is 8.51. The molecule has 0 fully saturated rings. The molecule has 0 saturated heterocycles. The number of ketones is 1. The number of rotatable bonds is 6. The Hall–Kier alpha value is -3.64. The van der Waals surface area contributed by atoms with Gasteiger partial charge in [0.2, 0.25) is 0 Å². The lowest BCUT2D eigenvalue weighted by Crippen LogP contribution is -2.25. The van der Waals surface area contributed by atoms with Crippen LogP contribution in [0, 0.1) is 0 Å². The number of anilines is 1. The summed E-state index contributed by atoms with van der Waals surface area (Å²) < 4.78 is 1.67. The van der Waals surface area contributed by atoms with Gasteiger partial charge >= 0.3 is 0 Å². The fraction of sp³-hybridized carbons (Fsp3) is 0.258. The van der Waals surface area contributed by atoms with Gasteiger partial charge in [0, 0.05) is 29.9 Å². The second-order valence-electron chi connectivity index (χ2n) is 10.3. The number of carbonyl (C=O) groups excluding carboxylic acids is 1. The molecule has 3 aromatic carbocycles. The molecule has 6 heteroatoms. The predicted octanol–water partition coefficient (Wildman–Crippen LogP) is 6.48. The van der Waals surface area contributed by atoms with Gasteiger partial charge in [-0.05, 0) is 41.3 Å². The number of likely N-dealkylation sites (N-methyl/N-ethyl adjacent to an activating group) is 1. The Labute approximate surface area is 221 Å². The number of fused-ring (bicyclic) bond motifs is 2. The minimum Gasteiger partial charge on any atom is -0.347 e. The maximum absolute atomic E-state index is 13.7. The standard InChI is InChI=1S/C31H31N3O2S/c1-20(2)22-12-7-10-16-26(22)34-29(36)23-13-6-9-15-25(23)32-30(34)37-19-21(35)18-28-31(3,4)24-14-8-11-17-27(24)33(28)5/h6-18,20H,19H2,1-5H3. The quantitative estimate of drug-likeness (QED) is 0.169. The molecule has 0 unspecified atom stereocenters. The van der Waals surface area contributed by atoms with Gasteiger partial charge < -0.3 is 4.90 Å². The molecule has 4 aromatic rings. The van der Waals surface area contributed by atoms with E-state index >= 15 is 0 Å². The average Bonchev–Trinajstić information content (AvgIpc) is 3.08. The molecule has 188 valence electrons. The molecule has 0 aliphatic carbocycles. The molecule has 0 bridgehead atoms. The normalized spacial score (nSPS) is 15.5. The molecular weight excluding hydrogens is 478 g/mol. The number of aromatic nitrogens is 2. The molecule has 1 aliphatic rings. The lowest BCUT2D eigenvalue weighted by Gasteiger charge is -2.24. The van der Waals surface area contributed by atoms with Crippen molar-refractivity contribution in [1.29, 1.82) is 0 Å². The Morgan fingerprint density at radius 1 is 0.973 bits per heavy atom. The van der Waals surface area contributed by atoms with Gasteiger partial charge in [-0.1, -0.05) is 88.0 Å². The van der Waals surface area contributed by atoms with Crippen molar-refractivity contribution in [3.05, 3.63) is 106 Å². The molecule has 0 radical (unpaired) electrons. The van der Waals surface area contributed by atoms with Crippen molar-refractivity contribution in [3.8, 4) is 5.69 Å². The SMILES string of the molecule is CC(C)c1ccccc1-n1c(SCC(=O)C=C2N(C)c3ccccc3C2(C)C)nc2ccccc2c1=O. The van der Waals surface area contributed by atoms with Gasteiger partial charge in [0.1, 0.15) is 0 Å². The highest BCUT2D eigenvalue weighted by atomic mass is 32.2. The maximum atomic E-state index is 13.7. The maximum Gasteiger partial charge on any atom is 0.266 e. The van der Waals surface area contributed by atoms with Crippen LogP contribution in [0.2, 0.25) is 0 Å². The van der Waals surface area contributed by atoms with Gasteiger partial charge in [-0.2, -0.15) is 0 Å². The van der Waals surface area contributed by atoms with E-state index in [9.17, 15) is 9.59 Å². The van der Waals surface area contributed by atoms with E-state index in [1.54, 1.807) is 16.7 Å². The molecule has 5 rings (SSSR count). The highest BCUT2D eigenvalue weighted by Gasteiger charge is 2.38. The zero-order valence-corrected chi connectivity index (χ0v) is 22.7. The van der Waals surface area contributed by atoms with E-state index in [0.29, 0.717) is 16.1 Å². The minimum atomic E-state index is -0.273. The Balaban J connectivity index is 1.53. The van der Waals surface area contributed by atoms with Crippen LogP contribution in [-0.4, -0.2) is 28.1 Å². The number of allylic oxidation sites excluding steroid dienone is 2. The van der Waals surface area contributed by atoms with Crippen LogP contribution in [0.25, 0.3) is 16.6 Å². The van der Waals surface area contributed by atoms with Crippen LogP contribution in [0.15, 0.2) is 94.5 Å². The van der Waals surface area contributed by atoms with Crippen molar-refractivity contribution in [1.82, 2.24) is 9.55 Å². The highest BCUT2D eigenvalue weighted by Crippen LogP contribution is 2.46. The van der Waals surface area contributed by atoms with Crippen LogP contribution < -0.4 is 10.5 Å². The molecule has 0 N–H and O–H groups in total. The van der Waals surface area contributed by atoms with E-state index < -0.39 is 0 Å². The first kappa shape index (κ1) is 25.0. The minimum absolute atomic E-state index is 0.0150. The van der Waals surface area contributed by atoms with E-state index in [2.05, 4.69) is 44.7 Å². The summed E-state index contributed by atoms with van der Waals surface area (Å²) in [7, 11) is 2.01.